The summed E-state index contributed by atoms with van der Waals surface area (Å²) < 4.78 is 5.89. The van der Waals surface area contributed by atoms with Crippen molar-refractivity contribution in [2.24, 2.45) is 0 Å². The average molecular weight is 338 g/mol. The summed E-state index contributed by atoms with van der Waals surface area (Å²) in [5.41, 5.74) is 3.14. The van der Waals surface area contributed by atoms with Crippen molar-refractivity contribution >= 4 is 11.5 Å². The molecule has 0 aliphatic carbocycles. The predicted octanol–water partition coefficient (Wildman–Crippen LogP) is 3.06. The normalized spacial score (nSPS) is 17.2. The Hall–Kier alpha value is -2.98. The van der Waals surface area contributed by atoms with Crippen LogP contribution in [0.25, 0.3) is 0 Å². The van der Waals surface area contributed by atoms with E-state index in [1.54, 1.807) is 0 Å². The Morgan fingerprint density at radius 3 is 2.88 bits per heavy atom. The highest BCUT2D eigenvalue weighted by Crippen LogP contribution is 2.33. The van der Waals surface area contributed by atoms with Crippen LogP contribution in [0.4, 0.5) is 11.5 Å². The second-order valence-corrected chi connectivity index (χ2v) is 6.07. The maximum absolute atomic E-state index is 11.4. The molecule has 0 bridgehead atoms. The summed E-state index contributed by atoms with van der Waals surface area (Å²) in [6.07, 6.45) is 1.24. The van der Waals surface area contributed by atoms with E-state index < -0.39 is 4.92 Å². The highest BCUT2D eigenvalue weighted by Gasteiger charge is 2.30. The minimum Gasteiger partial charge on any atom is -0.370 e. The number of ether oxygens (including phenoxy) is 1. The molecular formula is C18H18N4O3. The third kappa shape index (κ3) is 3.30. The van der Waals surface area contributed by atoms with Crippen LogP contribution in [0.2, 0.25) is 0 Å². The first-order valence-corrected chi connectivity index (χ1v) is 7.98. The molecule has 7 heteroatoms. The maximum atomic E-state index is 11.4. The molecule has 1 atom stereocenters. The molecule has 1 aromatic heterocycles. The number of nitriles is 1. The summed E-state index contributed by atoms with van der Waals surface area (Å²) in [4.78, 5) is 16.9. The van der Waals surface area contributed by atoms with Gasteiger partial charge >= 0.3 is 5.69 Å². The number of nitro groups is 1. The molecule has 1 aromatic carbocycles. The van der Waals surface area contributed by atoms with Crippen LogP contribution in [0.3, 0.4) is 0 Å². The Labute approximate surface area is 145 Å². The highest BCUT2D eigenvalue weighted by molar-refractivity contribution is 5.65. The van der Waals surface area contributed by atoms with E-state index in [0.29, 0.717) is 19.7 Å². The fraction of sp³-hybridized carbons (Fsp3) is 0.333. The summed E-state index contributed by atoms with van der Waals surface area (Å²) in [6.45, 7) is 5.44. The number of hydrogen-bond acceptors (Lipinski definition) is 6. The molecule has 0 amide bonds. The molecule has 1 aliphatic rings. The molecule has 1 fully saturated rings. The van der Waals surface area contributed by atoms with E-state index >= 15 is 0 Å². The van der Waals surface area contributed by atoms with Gasteiger partial charge in [-0.2, -0.15) is 5.26 Å². The number of morpholine rings is 1. The van der Waals surface area contributed by atoms with Crippen molar-refractivity contribution in [3.05, 3.63) is 62.8 Å². The van der Waals surface area contributed by atoms with Gasteiger partial charge in [-0.3, -0.25) is 10.1 Å². The van der Waals surface area contributed by atoms with Gasteiger partial charge < -0.3 is 9.64 Å². The molecule has 0 N–H and O–H groups in total. The van der Waals surface area contributed by atoms with Crippen LogP contribution in [0.15, 0.2) is 30.5 Å². The van der Waals surface area contributed by atoms with Gasteiger partial charge in [-0.25, -0.2) is 4.98 Å². The topological polar surface area (TPSA) is 92.3 Å². The van der Waals surface area contributed by atoms with Crippen molar-refractivity contribution in [3.63, 3.8) is 0 Å². The standard InChI is InChI=1S/C18H18N4O3/c1-12-3-4-15(13(2)9-12)16-11-21(7-8-25-16)18-17(22(23)24)14(10-19)5-6-20-18/h3-6,9,16H,7-8,11H2,1-2H3. The number of anilines is 1. The second-order valence-electron chi connectivity index (χ2n) is 6.07. The quantitative estimate of drug-likeness (QED) is 0.631. The summed E-state index contributed by atoms with van der Waals surface area (Å²) in [5, 5.41) is 20.6. The fourth-order valence-corrected chi connectivity index (χ4v) is 3.16. The molecule has 0 spiro atoms. The van der Waals surface area contributed by atoms with Gasteiger partial charge in [0.1, 0.15) is 17.7 Å². The Morgan fingerprint density at radius 2 is 2.20 bits per heavy atom. The zero-order chi connectivity index (χ0) is 18.0. The van der Waals surface area contributed by atoms with Gasteiger partial charge in [-0.05, 0) is 31.0 Å². The molecule has 2 heterocycles. The van der Waals surface area contributed by atoms with Crippen LogP contribution < -0.4 is 4.90 Å². The van der Waals surface area contributed by atoms with Gasteiger partial charge in [-0.1, -0.05) is 23.8 Å². The van der Waals surface area contributed by atoms with Crippen molar-refractivity contribution < 1.29 is 9.66 Å². The lowest BCUT2D eigenvalue weighted by Gasteiger charge is -2.34. The van der Waals surface area contributed by atoms with E-state index in [4.69, 9.17) is 10.00 Å². The van der Waals surface area contributed by atoms with Crippen LogP contribution in [0.5, 0.6) is 0 Å². The monoisotopic (exact) mass is 338 g/mol. The molecule has 2 aromatic rings. The SMILES string of the molecule is Cc1ccc(C2CN(c3nccc(C#N)c3[N+](=O)[O-])CCO2)c(C)c1. The van der Waals surface area contributed by atoms with Crippen molar-refractivity contribution in [3.8, 4) is 6.07 Å². The first-order valence-electron chi connectivity index (χ1n) is 7.98. The predicted molar refractivity (Wildman–Crippen MR) is 92.4 cm³/mol. The Bertz CT molecular complexity index is 860. The minimum atomic E-state index is -0.539. The van der Waals surface area contributed by atoms with Crippen LogP contribution in [0, 0.1) is 35.3 Å². The van der Waals surface area contributed by atoms with E-state index in [1.807, 2.05) is 36.9 Å². The van der Waals surface area contributed by atoms with Gasteiger partial charge in [0.05, 0.1) is 18.1 Å². The number of pyridine rings is 1. The second kappa shape index (κ2) is 6.87. The number of hydrogen-bond donors (Lipinski definition) is 0. The largest absolute Gasteiger partial charge is 0.370 e. The van der Waals surface area contributed by atoms with Crippen molar-refractivity contribution in [2.75, 3.05) is 24.6 Å². The third-order valence-corrected chi connectivity index (χ3v) is 4.35. The van der Waals surface area contributed by atoms with Gasteiger partial charge in [0.15, 0.2) is 0 Å². The van der Waals surface area contributed by atoms with E-state index in [0.717, 1.165) is 11.1 Å². The summed E-state index contributed by atoms with van der Waals surface area (Å²) in [6, 6.07) is 9.40. The first kappa shape index (κ1) is 16.9. The summed E-state index contributed by atoms with van der Waals surface area (Å²) in [7, 11) is 0. The number of aromatic nitrogens is 1. The molecule has 1 aliphatic heterocycles. The number of nitrogens with zero attached hydrogens (tertiary/aromatic N) is 4. The minimum absolute atomic E-state index is 0.0181. The number of aryl methyl sites for hydroxylation is 2. The van der Waals surface area contributed by atoms with E-state index in [-0.39, 0.29) is 23.2 Å². The van der Waals surface area contributed by atoms with Gasteiger partial charge in [-0.15, -0.1) is 0 Å². The molecule has 0 saturated carbocycles. The van der Waals surface area contributed by atoms with Crippen molar-refractivity contribution in [1.82, 2.24) is 4.98 Å². The van der Waals surface area contributed by atoms with Crippen LogP contribution in [0.1, 0.15) is 28.4 Å². The maximum Gasteiger partial charge on any atom is 0.329 e. The van der Waals surface area contributed by atoms with Crippen LogP contribution >= 0.6 is 0 Å². The van der Waals surface area contributed by atoms with Crippen LogP contribution in [-0.4, -0.2) is 29.6 Å². The lowest BCUT2D eigenvalue weighted by atomic mass is 10.00. The van der Waals surface area contributed by atoms with Gasteiger partial charge in [0.25, 0.3) is 0 Å². The third-order valence-electron chi connectivity index (χ3n) is 4.35. The first-order chi connectivity index (χ1) is 12.0. The Kier molecular flexibility index (Phi) is 4.63. The molecule has 1 saturated heterocycles. The number of benzene rings is 1. The molecule has 25 heavy (non-hydrogen) atoms. The fourth-order valence-electron chi connectivity index (χ4n) is 3.16. The molecular weight excluding hydrogens is 320 g/mol. The zero-order valence-electron chi connectivity index (χ0n) is 14.1. The summed E-state index contributed by atoms with van der Waals surface area (Å²) in [5.74, 6) is 0.224. The zero-order valence-corrected chi connectivity index (χ0v) is 14.1. The highest BCUT2D eigenvalue weighted by atomic mass is 16.6. The Balaban J connectivity index is 1.95. The number of rotatable bonds is 3. The van der Waals surface area contributed by atoms with Gasteiger partial charge in [0, 0.05) is 12.7 Å². The summed E-state index contributed by atoms with van der Waals surface area (Å²) >= 11 is 0. The molecule has 128 valence electrons. The average Bonchev–Trinajstić information content (AvgIpc) is 2.61. The molecule has 7 nitrogen and oxygen atoms in total. The lowest BCUT2D eigenvalue weighted by molar-refractivity contribution is -0.384. The van der Waals surface area contributed by atoms with E-state index in [9.17, 15) is 10.1 Å². The smallest absolute Gasteiger partial charge is 0.329 e. The molecule has 0 radical (unpaired) electrons. The van der Waals surface area contributed by atoms with Crippen molar-refractivity contribution in [1.29, 1.82) is 5.26 Å². The van der Waals surface area contributed by atoms with Crippen molar-refractivity contribution in [2.45, 2.75) is 20.0 Å². The van der Waals surface area contributed by atoms with Gasteiger partial charge in [0.2, 0.25) is 5.82 Å². The molecule has 1 unspecified atom stereocenters. The molecule has 3 rings (SSSR count). The lowest BCUT2D eigenvalue weighted by Crippen LogP contribution is -2.39. The van der Waals surface area contributed by atoms with E-state index in [1.165, 1.54) is 17.8 Å². The van der Waals surface area contributed by atoms with E-state index in [2.05, 4.69) is 11.1 Å². The van der Waals surface area contributed by atoms with Crippen LogP contribution in [-0.2, 0) is 4.74 Å². The Morgan fingerprint density at radius 1 is 1.40 bits per heavy atom.